The molecule has 0 saturated carbocycles. The minimum atomic E-state index is -0.230. The Balaban J connectivity index is 1.79. The SMILES string of the molecule is CNC1CCN(CC(c2ccc(F)cc2)c2ccc(F)cc2)CC1. The van der Waals surface area contributed by atoms with Crippen molar-refractivity contribution in [1.29, 1.82) is 0 Å². The van der Waals surface area contributed by atoms with Crippen LogP contribution < -0.4 is 5.32 Å². The lowest BCUT2D eigenvalue weighted by molar-refractivity contribution is 0.197. The summed E-state index contributed by atoms with van der Waals surface area (Å²) in [5.74, 6) is -0.338. The molecule has 2 nitrogen and oxygen atoms in total. The second-order valence-electron chi connectivity index (χ2n) is 6.52. The summed E-state index contributed by atoms with van der Waals surface area (Å²) in [6, 6.07) is 13.9. The fraction of sp³-hybridized carbons (Fsp3) is 0.400. The Morgan fingerprint density at radius 2 is 1.38 bits per heavy atom. The van der Waals surface area contributed by atoms with E-state index in [0.29, 0.717) is 6.04 Å². The van der Waals surface area contributed by atoms with Crippen LogP contribution >= 0.6 is 0 Å². The Kier molecular flexibility index (Phi) is 5.59. The van der Waals surface area contributed by atoms with Gasteiger partial charge in [-0.15, -0.1) is 0 Å². The van der Waals surface area contributed by atoms with Gasteiger partial charge in [0.25, 0.3) is 0 Å². The maximum absolute atomic E-state index is 13.3. The number of piperidine rings is 1. The third kappa shape index (κ3) is 4.19. The van der Waals surface area contributed by atoms with Crippen molar-refractivity contribution in [3.8, 4) is 0 Å². The predicted octanol–water partition coefficient (Wildman–Crippen LogP) is 3.78. The number of hydrogen-bond acceptors (Lipinski definition) is 2. The summed E-state index contributed by atoms with van der Waals surface area (Å²) in [7, 11) is 2.01. The van der Waals surface area contributed by atoms with Gasteiger partial charge >= 0.3 is 0 Å². The smallest absolute Gasteiger partial charge is 0.123 e. The number of likely N-dealkylation sites (tertiary alicyclic amines) is 1. The molecule has 2 aromatic rings. The summed E-state index contributed by atoms with van der Waals surface area (Å²) in [5, 5.41) is 3.34. The first-order valence-electron chi connectivity index (χ1n) is 8.56. The van der Waals surface area contributed by atoms with Crippen molar-refractivity contribution in [3.05, 3.63) is 71.3 Å². The van der Waals surface area contributed by atoms with Crippen molar-refractivity contribution >= 4 is 0 Å². The summed E-state index contributed by atoms with van der Waals surface area (Å²) in [5.41, 5.74) is 2.14. The van der Waals surface area contributed by atoms with E-state index >= 15 is 0 Å². The molecule has 1 aliphatic heterocycles. The number of nitrogens with zero attached hydrogens (tertiary/aromatic N) is 1. The van der Waals surface area contributed by atoms with Gasteiger partial charge < -0.3 is 10.2 Å². The molecule has 2 aromatic carbocycles. The van der Waals surface area contributed by atoms with Crippen LogP contribution in [0.15, 0.2) is 48.5 Å². The quantitative estimate of drug-likeness (QED) is 0.897. The van der Waals surface area contributed by atoms with Crippen LogP contribution in [0.1, 0.15) is 29.9 Å². The average molecular weight is 330 g/mol. The summed E-state index contributed by atoms with van der Waals surface area (Å²) < 4.78 is 26.6. The minimum Gasteiger partial charge on any atom is -0.317 e. The minimum absolute atomic E-state index is 0.123. The molecule has 1 saturated heterocycles. The maximum atomic E-state index is 13.3. The Bertz CT molecular complexity index is 586. The number of hydrogen-bond donors (Lipinski definition) is 1. The Hall–Kier alpha value is -1.78. The molecule has 1 fully saturated rings. The number of nitrogens with one attached hydrogen (secondary N) is 1. The fourth-order valence-corrected chi connectivity index (χ4v) is 3.46. The molecule has 24 heavy (non-hydrogen) atoms. The van der Waals surface area contributed by atoms with Gasteiger partial charge in [0.15, 0.2) is 0 Å². The zero-order valence-corrected chi connectivity index (χ0v) is 14.0. The van der Waals surface area contributed by atoms with E-state index in [1.807, 2.05) is 31.3 Å². The van der Waals surface area contributed by atoms with E-state index in [-0.39, 0.29) is 17.6 Å². The molecule has 0 aromatic heterocycles. The Labute approximate surface area is 142 Å². The van der Waals surface area contributed by atoms with E-state index in [4.69, 9.17) is 0 Å². The van der Waals surface area contributed by atoms with Crippen LogP contribution in [0.5, 0.6) is 0 Å². The highest BCUT2D eigenvalue weighted by atomic mass is 19.1. The normalized spacial score (nSPS) is 16.7. The molecule has 0 atom stereocenters. The molecule has 0 spiro atoms. The second kappa shape index (κ2) is 7.86. The topological polar surface area (TPSA) is 15.3 Å². The summed E-state index contributed by atoms with van der Waals surface area (Å²) in [4.78, 5) is 2.45. The monoisotopic (exact) mass is 330 g/mol. The molecule has 0 amide bonds. The standard InChI is InChI=1S/C20H24F2N2/c1-23-19-10-12-24(13-11-19)14-20(15-2-6-17(21)7-3-15)16-4-8-18(22)9-5-16/h2-9,19-20,23H,10-14H2,1H3. The van der Waals surface area contributed by atoms with Gasteiger partial charge in [0.1, 0.15) is 11.6 Å². The number of benzene rings is 2. The molecule has 0 bridgehead atoms. The average Bonchev–Trinajstić information content (AvgIpc) is 2.62. The van der Waals surface area contributed by atoms with Crippen LogP contribution in [0.3, 0.4) is 0 Å². The van der Waals surface area contributed by atoms with E-state index < -0.39 is 0 Å². The molecular weight excluding hydrogens is 306 g/mol. The summed E-state index contributed by atoms with van der Waals surface area (Å²) >= 11 is 0. The van der Waals surface area contributed by atoms with Crippen molar-refractivity contribution < 1.29 is 8.78 Å². The molecule has 0 radical (unpaired) electrons. The lowest BCUT2D eigenvalue weighted by atomic mass is 9.90. The van der Waals surface area contributed by atoms with Gasteiger partial charge in [0, 0.05) is 18.5 Å². The first-order chi connectivity index (χ1) is 11.7. The highest BCUT2D eigenvalue weighted by Crippen LogP contribution is 2.27. The first-order valence-corrected chi connectivity index (χ1v) is 8.56. The van der Waals surface area contributed by atoms with Crippen LogP contribution in [-0.2, 0) is 0 Å². The van der Waals surface area contributed by atoms with E-state index in [9.17, 15) is 8.78 Å². The van der Waals surface area contributed by atoms with Crippen LogP contribution in [0.4, 0.5) is 8.78 Å². The Morgan fingerprint density at radius 3 is 1.79 bits per heavy atom. The highest BCUT2D eigenvalue weighted by molar-refractivity contribution is 5.33. The van der Waals surface area contributed by atoms with Crippen molar-refractivity contribution in [3.63, 3.8) is 0 Å². The summed E-state index contributed by atoms with van der Waals surface area (Å²) in [6.45, 7) is 2.96. The molecule has 1 N–H and O–H groups in total. The first kappa shape index (κ1) is 17.1. The lowest BCUT2D eigenvalue weighted by Crippen LogP contribution is -2.42. The molecule has 0 aliphatic carbocycles. The lowest BCUT2D eigenvalue weighted by Gasteiger charge is -2.34. The Morgan fingerprint density at radius 1 is 0.917 bits per heavy atom. The van der Waals surface area contributed by atoms with E-state index in [0.717, 1.165) is 43.6 Å². The summed E-state index contributed by atoms with van der Waals surface area (Å²) in [6.07, 6.45) is 2.27. The van der Waals surface area contributed by atoms with Crippen LogP contribution in [0.2, 0.25) is 0 Å². The maximum Gasteiger partial charge on any atom is 0.123 e. The van der Waals surface area contributed by atoms with Crippen LogP contribution in [-0.4, -0.2) is 37.6 Å². The van der Waals surface area contributed by atoms with Gasteiger partial charge in [-0.3, -0.25) is 0 Å². The van der Waals surface area contributed by atoms with Crippen molar-refractivity contribution in [2.45, 2.75) is 24.8 Å². The third-order valence-corrected chi connectivity index (χ3v) is 4.98. The van der Waals surface area contributed by atoms with Crippen molar-refractivity contribution in [1.82, 2.24) is 10.2 Å². The fourth-order valence-electron chi connectivity index (χ4n) is 3.46. The predicted molar refractivity (Wildman–Crippen MR) is 93.2 cm³/mol. The van der Waals surface area contributed by atoms with Gasteiger partial charge in [-0.2, -0.15) is 0 Å². The molecule has 3 rings (SSSR count). The highest BCUT2D eigenvalue weighted by Gasteiger charge is 2.23. The van der Waals surface area contributed by atoms with Crippen LogP contribution in [0, 0.1) is 11.6 Å². The third-order valence-electron chi connectivity index (χ3n) is 4.98. The van der Waals surface area contributed by atoms with Gasteiger partial charge in [0.05, 0.1) is 0 Å². The van der Waals surface area contributed by atoms with Gasteiger partial charge in [-0.05, 0) is 68.4 Å². The molecular formula is C20H24F2N2. The molecule has 1 heterocycles. The number of halogens is 2. The van der Waals surface area contributed by atoms with Gasteiger partial charge in [0.2, 0.25) is 0 Å². The molecule has 0 unspecified atom stereocenters. The molecule has 1 aliphatic rings. The molecule has 128 valence electrons. The molecule has 4 heteroatoms. The van der Waals surface area contributed by atoms with Crippen LogP contribution in [0.25, 0.3) is 0 Å². The number of rotatable bonds is 5. The second-order valence-corrected chi connectivity index (χ2v) is 6.52. The van der Waals surface area contributed by atoms with Crippen molar-refractivity contribution in [2.75, 3.05) is 26.7 Å². The van der Waals surface area contributed by atoms with E-state index in [1.165, 1.54) is 24.3 Å². The zero-order chi connectivity index (χ0) is 16.9. The van der Waals surface area contributed by atoms with Gasteiger partial charge in [-0.25, -0.2) is 8.78 Å². The van der Waals surface area contributed by atoms with E-state index in [1.54, 1.807) is 0 Å². The zero-order valence-electron chi connectivity index (χ0n) is 14.0. The van der Waals surface area contributed by atoms with E-state index in [2.05, 4.69) is 10.2 Å². The largest absolute Gasteiger partial charge is 0.317 e. The van der Waals surface area contributed by atoms with Crippen molar-refractivity contribution in [2.24, 2.45) is 0 Å². The van der Waals surface area contributed by atoms with Gasteiger partial charge in [-0.1, -0.05) is 24.3 Å².